The third-order valence-electron chi connectivity index (χ3n) is 3.92. The van der Waals surface area contributed by atoms with E-state index in [0.717, 1.165) is 43.4 Å². The molecule has 1 aromatic rings. The van der Waals surface area contributed by atoms with Crippen molar-refractivity contribution in [3.8, 4) is 0 Å². The van der Waals surface area contributed by atoms with Gasteiger partial charge in [-0.25, -0.2) is 0 Å². The number of carbonyl (C=O) groups is 2. The highest BCUT2D eigenvalue weighted by Gasteiger charge is 2.27. The fraction of sp³-hybridized carbons (Fsp3) is 0.500. The summed E-state index contributed by atoms with van der Waals surface area (Å²) in [5.74, 6) is -0.189. The first-order chi connectivity index (χ1) is 11.2. The molecule has 3 rings (SSSR count). The Kier molecular flexibility index (Phi) is 5.53. The second-order valence-corrected chi connectivity index (χ2v) is 6.84. The first kappa shape index (κ1) is 16.3. The van der Waals surface area contributed by atoms with E-state index in [9.17, 15) is 9.59 Å². The maximum Gasteiger partial charge on any atom is 0.234 e. The van der Waals surface area contributed by atoms with Gasteiger partial charge in [0, 0.05) is 37.5 Å². The molecular weight excluding hydrogens is 314 g/mol. The van der Waals surface area contributed by atoms with Crippen LogP contribution >= 0.6 is 11.8 Å². The van der Waals surface area contributed by atoms with Crippen LogP contribution in [0.4, 0.5) is 5.69 Å². The van der Waals surface area contributed by atoms with Crippen molar-refractivity contribution in [3.63, 3.8) is 0 Å². The highest BCUT2D eigenvalue weighted by atomic mass is 32.2. The van der Waals surface area contributed by atoms with E-state index in [0.29, 0.717) is 6.54 Å². The third-order valence-corrected chi connectivity index (χ3v) is 5.20. The lowest BCUT2D eigenvalue weighted by atomic mass is 10.2. The zero-order valence-electron chi connectivity index (χ0n) is 12.9. The molecule has 1 atom stereocenters. The highest BCUT2D eigenvalue weighted by molar-refractivity contribution is 8.00. The van der Waals surface area contributed by atoms with E-state index < -0.39 is 0 Å². The normalized spacial score (nSPS) is 21.9. The van der Waals surface area contributed by atoms with Crippen LogP contribution in [0.3, 0.4) is 0 Å². The second-order valence-electron chi connectivity index (χ2n) is 5.60. The number of amides is 2. The van der Waals surface area contributed by atoms with Gasteiger partial charge in [-0.1, -0.05) is 12.1 Å². The lowest BCUT2D eigenvalue weighted by molar-refractivity contribution is -0.123. The van der Waals surface area contributed by atoms with E-state index in [1.165, 1.54) is 11.8 Å². The number of carbonyl (C=O) groups excluding carboxylic acids is 2. The molecule has 23 heavy (non-hydrogen) atoms. The SMILES string of the molecule is O=C1CC(C(=O)NCCN2CCOCC2)Sc2ccccc2N1. The maximum absolute atomic E-state index is 12.4. The summed E-state index contributed by atoms with van der Waals surface area (Å²) in [6, 6.07) is 7.58. The largest absolute Gasteiger partial charge is 0.379 e. The van der Waals surface area contributed by atoms with Crippen molar-refractivity contribution in [1.29, 1.82) is 0 Å². The summed E-state index contributed by atoms with van der Waals surface area (Å²) in [4.78, 5) is 27.6. The van der Waals surface area contributed by atoms with Gasteiger partial charge in [0.25, 0.3) is 0 Å². The average Bonchev–Trinajstić information content (AvgIpc) is 2.73. The smallest absolute Gasteiger partial charge is 0.234 e. The lowest BCUT2D eigenvalue weighted by Gasteiger charge is -2.26. The molecule has 7 heteroatoms. The minimum Gasteiger partial charge on any atom is -0.379 e. The number of fused-ring (bicyclic) bond motifs is 1. The van der Waals surface area contributed by atoms with Crippen molar-refractivity contribution in [2.45, 2.75) is 16.6 Å². The number of thioether (sulfide) groups is 1. The number of hydrogen-bond donors (Lipinski definition) is 2. The molecule has 2 amide bonds. The van der Waals surface area contributed by atoms with Crippen LogP contribution in [0.1, 0.15) is 6.42 Å². The summed E-state index contributed by atoms with van der Waals surface area (Å²) in [7, 11) is 0. The predicted octanol–water partition coefficient (Wildman–Crippen LogP) is 0.938. The van der Waals surface area contributed by atoms with Crippen LogP contribution in [-0.4, -0.2) is 61.4 Å². The van der Waals surface area contributed by atoms with Gasteiger partial charge >= 0.3 is 0 Å². The van der Waals surface area contributed by atoms with E-state index in [1.807, 2.05) is 24.3 Å². The van der Waals surface area contributed by atoms with E-state index in [2.05, 4.69) is 15.5 Å². The molecule has 1 saturated heterocycles. The highest BCUT2D eigenvalue weighted by Crippen LogP contribution is 2.34. The van der Waals surface area contributed by atoms with Crippen LogP contribution in [0, 0.1) is 0 Å². The Morgan fingerprint density at radius 1 is 1.35 bits per heavy atom. The average molecular weight is 335 g/mol. The van der Waals surface area contributed by atoms with Gasteiger partial charge in [-0.15, -0.1) is 11.8 Å². The first-order valence-electron chi connectivity index (χ1n) is 7.86. The van der Waals surface area contributed by atoms with E-state index in [-0.39, 0.29) is 23.5 Å². The fourth-order valence-corrected chi connectivity index (χ4v) is 3.79. The molecular formula is C16H21N3O3S. The topological polar surface area (TPSA) is 70.7 Å². The predicted molar refractivity (Wildman–Crippen MR) is 89.6 cm³/mol. The van der Waals surface area contributed by atoms with Gasteiger partial charge < -0.3 is 15.4 Å². The van der Waals surface area contributed by atoms with Crippen LogP contribution in [0.15, 0.2) is 29.2 Å². The maximum atomic E-state index is 12.4. The lowest BCUT2D eigenvalue weighted by Crippen LogP contribution is -2.43. The fourth-order valence-electron chi connectivity index (χ4n) is 2.66. The van der Waals surface area contributed by atoms with Crippen molar-refractivity contribution in [2.24, 2.45) is 0 Å². The monoisotopic (exact) mass is 335 g/mol. The second kappa shape index (κ2) is 7.81. The Bertz CT molecular complexity index is 575. The molecule has 1 unspecified atom stereocenters. The number of anilines is 1. The zero-order valence-corrected chi connectivity index (χ0v) is 13.7. The molecule has 0 aromatic heterocycles. The summed E-state index contributed by atoms with van der Waals surface area (Å²) < 4.78 is 5.30. The number of benzene rings is 1. The number of hydrogen-bond acceptors (Lipinski definition) is 5. The number of rotatable bonds is 4. The molecule has 1 aromatic carbocycles. The molecule has 124 valence electrons. The summed E-state index contributed by atoms with van der Waals surface area (Å²) in [5.41, 5.74) is 0.783. The molecule has 0 bridgehead atoms. The van der Waals surface area contributed by atoms with Crippen molar-refractivity contribution < 1.29 is 14.3 Å². The van der Waals surface area contributed by atoms with Gasteiger partial charge in [-0.3, -0.25) is 14.5 Å². The van der Waals surface area contributed by atoms with Gasteiger partial charge in [0.15, 0.2) is 0 Å². The summed E-state index contributed by atoms with van der Waals surface area (Å²) in [6.45, 7) is 4.73. The first-order valence-corrected chi connectivity index (χ1v) is 8.74. The zero-order chi connectivity index (χ0) is 16.1. The van der Waals surface area contributed by atoms with Crippen LogP contribution in [0.2, 0.25) is 0 Å². The van der Waals surface area contributed by atoms with Gasteiger partial charge in [0.1, 0.15) is 0 Å². The molecule has 0 saturated carbocycles. The quantitative estimate of drug-likeness (QED) is 0.857. The van der Waals surface area contributed by atoms with E-state index in [4.69, 9.17) is 4.74 Å². The molecule has 0 aliphatic carbocycles. The Hall–Kier alpha value is -1.57. The van der Waals surface area contributed by atoms with Crippen LogP contribution < -0.4 is 10.6 Å². The Labute approximate surface area is 139 Å². The molecule has 0 spiro atoms. The molecule has 2 heterocycles. The van der Waals surface area contributed by atoms with Crippen LogP contribution in [0.25, 0.3) is 0 Å². The van der Waals surface area contributed by atoms with E-state index in [1.54, 1.807) is 0 Å². The van der Waals surface area contributed by atoms with Crippen molar-refractivity contribution >= 4 is 29.3 Å². The van der Waals surface area contributed by atoms with Gasteiger partial charge in [0.2, 0.25) is 11.8 Å². The molecule has 6 nitrogen and oxygen atoms in total. The van der Waals surface area contributed by atoms with Crippen molar-refractivity contribution in [1.82, 2.24) is 10.2 Å². The standard InChI is InChI=1S/C16H21N3O3S/c20-15-11-14(23-13-4-2-1-3-12(13)18-15)16(21)17-5-6-19-7-9-22-10-8-19/h1-4,14H,5-11H2,(H,17,21)(H,18,20). The molecule has 1 fully saturated rings. The minimum atomic E-state index is -0.386. The van der Waals surface area contributed by atoms with Crippen LogP contribution in [-0.2, 0) is 14.3 Å². The van der Waals surface area contributed by atoms with Crippen molar-refractivity contribution in [3.05, 3.63) is 24.3 Å². The summed E-state index contributed by atoms with van der Waals surface area (Å²) >= 11 is 1.45. The van der Waals surface area contributed by atoms with Gasteiger partial charge in [0.05, 0.1) is 24.2 Å². The van der Waals surface area contributed by atoms with E-state index >= 15 is 0 Å². The number of para-hydroxylation sites is 1. The molecule has 0 radical (unpaired) electrons. The summed E-state index contributed by atoms with van der Waals surface area (Å²) in [5, 5.41) is 5.42. The number of ether oxygens (including phenoxy) is 1. The molecule has 2 aliphatic heterocycles. The minimum absolute atomic E-state index is 0.0740. The number of nitrogens with one attached hydrogen (secondary N) is 2. The number of morpholine rings is 1. The molecule has 2 aliphatic rings. The third kappa shape index (κ3) is 4.46. The number of nitrogens with zero attached hydrogens (tertiary/aromatic N) is 1. The summed E-state index contributed by atoms with van der Waals surface area (Å²) in [6.07, 6.45) is 0.197. The van der Waals surface area contributed by atoms with Gasteiger partial charge in [-0.2, -0.15) is 0 Å². The Balaban J connectivity index is 1.53. The van der Waals surface area contributed by atoms with Crippen molar-refractivity contribution in [2.75, 3.05) is 44.7 Å². The molecule has 2 N–H and O–H groups in total. The Morgan fingerprint density at radius 2 is 2.13 bits per heavy atom. The van der Waals surface area contributed by atoms with Gasteiger partial charge in [-0.05, 0) is 12.1 Å². The van der Waals surface area contributed by atoms with Crippen LogP contribution in [0.5, 0.6) is 0 Å². The Morgan fingerprint density at radius 3 is 2.96 bits per heavy atom.